The summed E-state index contributed by atoms with van der Waals surface area (Å²) >= 11 is 0. The summed E-state index contributed by atoms with van der Waals surface area (Å²) < 4.78 is 0. The number of amides is 1. The molecule has 2 rings (SSSR count). The van der Waals surface area contributed by atoms with Crippen molar-refractivity contribution in [3.8, 4) is 0 Å². The molecule has 1 saturated heterocycles. The third-order valence-corrected chi connectivity index (χ3v) is 4.44. The number of hydrogen-bond donors (Lipinski definition) is 2. The van der Waals surface area contributed by atoms with Gasteiger partial charge >= 0.3 is 0 Å². The van der Waals surface area contributed by atoms with Gasteiger partial charge in [-0.15, -0.1) is 0 Å². The second kappa shape index (κ2) is 7.54. The highest BCUT2D eigenvalue weighted by Gasteiger charge is 2.23. The van der Waals surface area contributed by atoms with Crippen molar-refractivity contribution in [2.24, 2.45) is 5.92 Å². The van der Waals surface area contributed by atoms with Crippen LogP contribution >= 0.6 is 0 Å². The predicted molar refractivity (Wildman–Crippen MR) is 85.9 cm³/mol. The summed E-state index contributed by atoms with van der Waals surface area (Å²) in [6.07, 6.45) is 3.42. The minimum atomic E-state index is -0.192. The first kappa shape index (κ1) is 16.7. The average Bonchev–Trinajstić information content (AvgIpc) is 2.49. The van der Waals surface area contributed by atoms with Gasteiger partial charge in [0, 0.05) is 24.3 Å². The largest absolute Gasteiger partial charge is 0.342 e. The lowest BCUT2D eigenvalue weighted by molar-refractivity contribution is -0.131. The fourth-order valence-corrected chi connectivity index (χ4v) is 3.04. The van der Waals surface area contributed by atoms with E-state index in [0.717, 1.165) is 32.5 Å². The number of carbonyl (C=O) groups excluding carboxylic acids is 1. The van der Waals surface area contributed by atoms with Crippen molar-refractivity contribution >= 4 is 5.91 Å². The fraction of sp³-hybridized carbons (Fsp3) is 0.688. The Morgan fingerprint density at radius 2 is 2.05 bits per heavy atom. The molecule has 1 aromatic heterocycles. The highest BCUT2D eigenvalue weighted by molar-refractivity contribution is 5.79. The van der Waals surface area contributed by atoms with Crippen LogP contribution in [0.1, 0.15) is 36.3 Å². The summed E-state index contributed by atoms with van der Waals surface area (Å²) in [7, 11) is 1.97. The van der Waals surface area contributed by atoms with Gasteiger partial charge in [0.2, 0.25) is 5.91 Å². The normalized spacial score (nSPS) is 16.0. The van der Waals surface area contributed by atoms with E-state index in [1.807, 2.05) is 11.9 Å². The Kier molecular flexibility index (Phi) is 5.71. The molecule has 1 fully saturated rings. The molecule has 1 amide bonds. The number of nitrogens with zero attached hydrogens (tertiary/aromatic N) is 2. The van der Waals surface area contributed by atoms with E-state index >= 15 is 0 Å². The van der Waals surface area contributed by atoms with Crippen molar-refractivity contribution in [2.75, 3.05) is 26.7 Å². The van der Waals surface area contributed by atoms with Crippen molar-refractivity contribution < 1.29 is 4.79 Å². The topological polar surface area (TPSA) is 78.1 Å². The minimum absolute atomic E-state index is 0.0336. The molecular formula is C16H26N4O2. The van der Waals surface area contributed by atoms with E-state index in [1.54, 1.807) is 13.8 Å². The van der Waals surface area contributed by atoms with E-state index in [2.05, 4.69) is 15.3 Å². The van der Waals surface area contributed by atoms with Crippen LogP contribution < -0.4 is 10.9 Å². The van der Waals surface area contributed by atoms with Crippen LogP contribution in [0.25, 0.3) is 0 Å². The van der Waals surface area contributed by atoms with Gasteiger partial charge in [0.15, 0.2) is 0 Å². The summed E-state index contributed by atoms with van der Waals surface area (Å²) in [5.74, 6) is 1.32. The first-order valence-corrected chi connectivity index (χ1v) is 8.00. The summed E-state index contributed by atoms with van der Waals surface area (Å²) in [5.41, 5.74) is 0.952. The van der Waals surface area contributed by atoms with Gasteiger partial charge in [0.1, 0.15) is 5.82 Å². The van der Waals surface area contributed by atoms with Crippen molar-refractivity contribution in [1.82, 2.24) is 20.2 Å². The van der Waals surface area contributed by atoms with Crippen molar-refractivity contribution in [3.05, 3.63) is 27.4 Å². The first-order valence-electron chi connectivity index (χ1n) is 8.00. The predicted octanol–water partition coefficient (Wildman–Crippen LogP) is 0.777. The molecular weight excluding hydrogens is 280 g/mol. The van der Waals surface area contributed by atoms with Gasteiger partial charge in [-0.1, -0.05) is 0 Å². The second-order valence-electron chi connectivity index (χ2n) is 6.11. The van der Waals surface area contributed by atoms with Crippen LogP contribution in [-0.4, -0.2) is 47.5 Å². The number of aryl methyl sites for hydroxylation is 2. The van der Waals surface area contributed by atoms with Crippen LogP contribution in [0.5, 0.6) is 0 Å². The summed E-state index contributed by atoms with van der Waals surface area (Å²) in [6.45, 7) is 6.15. The Morgan fingerprint density at radius 3 is 2.64 bits per heavy atom. The molecule has 1 aromatic rings. The van der Waals surface area contributed by atoms with Crippen LogP contribution in [0, 0.1) is 19.8 Å². The molecule has 2 N–H and O–H groups in total. The maximum atomic E-state index is 12.4. The number of aromatic amines is 1. The molecule has 1 aliphatic rings. The van der Waals surface area contributed by atoms with Gasteiger partial charge < -0.3 is 15.2 Å². The maximum absolute atomic E-state index is 12.4. The van der Waals surface area contributed by atoms with Gasteiger partial charge in [-0.2, -0.15) is 0 Å². The molecule has 0 radical (unpaired) electrons. The smallest absolute Gasteiger partial charge is 0.254 e. The SMILES string of the molecule is CNCCC1CCN(C(=O)Cc2c(C)nc(C)[nH]c2=O)CC1. The fourth-order valence-electron chi connectivity index (χ4n) is 3.04. The number of piperidine rings is 1. The highest BCUT2D eigenvalue weighted by Crippen LogP contribution is 2.20. The molecule has 0 aromatic carbocycles. The molecule has 0 saturated carbocycles. The maximum Gasteiger partial charge on any atom is 0.254 e. The standard InChI is InChI=1S/C16H26N4O2/c1-11-14(16(22)19-12(2)18-11)10-15(21)20-8-5-13(6-9-20)4-7-17-3/h13,17H,4-10H2,1-3H3,(H,18,19,22). The third-order valence-electron chi connectivity index (χ3n) is 4.44. The lowest BCUT2D eigenvalue weighted by atomic mass is 9.93. The molecule has 6 nitrogen and oxygen atoms in total. The van der Waals surface area contributed by atoms with Crippen LogP contribution in [0.15, 0.2) is 4.79 Å². The summed E-state index contributed by atoms with van der Waals surface area (Å²) in [6, 6.07) is 0. The Balaban J connectivity index is 1.93. The molecule has 2 heterocycles. The molecule has 0 bridgehead atoms. The van der Waals surface area contributed by atoms with Crippen LogP contribution in [-0.2, 0) is 11.2 Å². The van der Waals surface area contributed by atoms with Gasteiger partial charge in [0.25, 0.3) is 5.56 Å². The molecule has 0 unspecified atom stereocenters. The zero-order valence-electron chi connectivity index (χ0n) is 13.7. The zero-order valence-corrected chi connectivity index (χ0v) is 13.7. The lowest BCUT2D eigenvalue weighted by Gasteiger charge is -2.32. The Bertz CT molecular complexity index is 574. The van der Waals surface area contributed by atoms with Gasteiger partial charge in [0.05, 0.1) is 6.42 Å². The van der Waals surface area contributed by atoms with E-state index in [4.69, 9.17) is 0 Å². The molecule has 122 valence electrons. The van der Waals surface area contributed by atoms with Crippen LogP contribution in [0.3, 0.4) is 0 Å². The number of nitrogens with one attached hydrogen (secondary N) is 2. The second-order valence-corrected chi connectivity index (χ2v) is 6.11. The number of carbonyl (C=O) groups is 1. The van der Waals surface area contributed by atoms with Crippen molar-refractivity contribution in [1.29, 1.82) is 0 Å². The Labute approximate surface area is 131 Å². The summed E-state index contributed by atoms with van der Waals surface area (Å²) in [5, 5.41) is 3.17. The van der Waals surface area contributed by atoms with Gasteiger partial charge in [-0.25, -0.2) is 4.98 Å². The van der Waals surface area contributed by atoms with Crippen LogP contribution in [0.2, 0.25) is 0 Å². The number of likely N-dealkylation sites (tertiary alicyclic amines) is 1. The van der Waals surface area contributed by atoms with E-state index < -0.39 is 0 Å². The van der Waals surface area contributed by atoms with E-state index in [0.29, 0.717) is 23.0 Å². The van der Waals surface area contributed by atoms with E-state index in [9.17, 15) is 9.59 Å². The van der Waals surface area contributed by atoms with Crippen molar-refractivity contribution in [3.63, 3.8) is 0 Å². The minimum Gasteiger partial charge on any atom is -0.342 e. The first-order chi connectivity index (χ1) is 10.5. The molecule has 1 aliphatic heterocycles. The van der Waals surface area contributed by atoms with Crippen molar-refractivity contribution in [2.45, 2.75) is 39.5 Å². The average molecular weight is 306 g/mol. The highest BCUT2D eigenvalue weighted by atomic mass is 16.2. The number of H-pyrrole nitrogens is 1. The molecule has 0 atom stereocenters. The molecule has 6 heteroatoms. The van der Waals surface area contributed by atoms with Crippen LogP contribution in [0.4, 0.5) is 0 Å². The molecule has 22 heavy (non-hydrogen) atoms. The van der Waals surface area contributed by atoms with E-state index in [-0.39, 0.29) is 17.9 Å². The van der Waals surface area contributed by atoms with Gasteiger partial charge in [-0.05, 0) is 52.6 Å². The zero-order chi connectivity index (χ0) is 16.1. The summed E-state index contributed by atoms with van der Waals surface area (Å²) in [4.78, 5) is 33.2. The quantitative estimate of drug-likeness (QED) is 0.842. The number of rotatable bonds is 5. The Hall–Kier alpha value is -1.69. The molecule has 0 spiro atoms. The number of aromatic nitrogens is 2. The molecule has 0 aliphatic carbocycles. The lowest BCUT2D eigenvalue weighted by Crippen LogP contribution is -2.40. The Morgan fingerprint density at radius 1 is 1.36 bits per heavy atom. The van der Waals surface area contributed by atoms with Gasteiger partial charge in [-0.3, -0.25) is 9.59 Å². The monoisotopic (exact) mass is 306 g/mol. The third kappa shape index (κ3) is 4.16. The van der Waals surface area contributed by atoms with E-state index in [1.165, 1.54) is 6.42 Å². The number of hydrogen-bond acceptors (Lipinski definition) is 4.